The lowest BCUT2D eigenvalue weighted by molar-refractivity contribution is 0.0853. The molecule has 7 heteroatoms. The largest absolute Gasteiger partial charge is 0.507 e. The molecule has 186 valence electrons. The number of ether oxygens (including phenoxy) is 1. The van der Waals surface area contributed by atoms with E-state index >= 15 is 0 Å². The van der Waals surface area contributed by atoms with Crippen LogP contribution in [0.3, 0.4) is 0 Å². The highest BCUT2D eigenvalue weighted by molar-refractivity contribution is 5.96. The smallest absolute Gasteiger partial charge is 0.253 e. The van der Waals surface area contributed by atoms with Crippen LogP contribution in [0.2, 0.25) is 0 Å². The van der Waals surface area contributed by atoms with Crippen molar-refractivity contribution in [1.82, 2.24) is 14.3 Å². The van der Waals surface area contributed by atoms with Crippen LogP contribution in [0.5, 0.6) is 5.75 Å². The molecule has 7 nitrogen and oxygen atoms in total. The number of aromatic nitrogens is 3. The van der Waals surface area contributed by atoms with Gasteiger partial charge in [-0.05, 0) is 73.9 Å². The molecule has 2 aliphatic rings. The van der Waals surface area contributed by atoms with Gasteiger partial charge in [-0.3, -0.25) is 9.48 Å². The molecule has 1 N–H and O–H groups in total. The molecule has 0 aliphatic carbocycles. The molecule has 1 saturated heterocycles. The molecule has 36 heavy (non-hydrogen) atoms. The number of aryl methyl sites for hydroxylation is 4. The Balaban J connectivity index is 1.54. The quantitative estimate of drug-likeness (QED) is 0.446. The van der Waals surface area contributed by atoms with Gasteiger partial charge in [0.15, 0.2) is 0 Å². The lowest BCUT2D eigenvalue weighted by Crippen LogP contribution is -2.26. The summed E-state index contributed by atoms with van der Waals surface area (Å²) >= 11 is 0. The second kappa shape index (κ2) is 8.82. The molecule has 1 fully saturated rings. The fourth-order valence-corrected chi connectivity index (χ4v) is 5.88. The molecule has 0 atom stereocenters. The van der Waals surface area contributed by atoms with Crippen molar-refractivity contribution in [2.24, 2.45) is 14.1 Å². The third-order valence-electron chi connectivity index (χ3n) is 7.84. The molecular formula is C29H32N4O3. The summed E-state index contributed by atoms with van der Waals surface area (Å²) in [6.45, 7) is 4.27. The Labute approximate surface area is 210 Å². The highest BCUT2D eigenvalue weighted by Gasteiger charge is 2.26. The molecule has 0 saturated carbocycles. The maximum atomic E-state index is 12.9. The zero-order valence-corrected chi connectivity index (χ0v) is 21.1. The molecule has 6 rings (SSSR count). The first-order valence-corrected chi connectivity index (χ1v) is 12.7. The average Bonchev–Trinajstić information content (AvgIpc) is 3.33. The number of hydrogen-bond acceptors (Lipinski definition) is 5. The molecule has 4 aromatic rings. The summed E-state index contributed by atoms with van der Waals surface area (Å²) in [4.78, 5) is 15.2. The second-order valence-electron chi connectivity index (χ2n) is 10.2. The monoisotopic (exact) mass is 484 g/mol. The molecule has 0 amide bonds. The van der Waals surface area contributed by atoms with Crippen molar-refractivity contribution >= 4 is 22.3 Å². The number of phenols is 1. The third-order valence-corrected chi connectivity index (χ3v) is 7.84. The van der Waals surface area contributed by atoms with Crippen LogP contribution < -0.4 is 10.5 Å². The van der Waals surface area contributed by atoms with E-state index in [9.17, 15) is 9.90 Å². The van der Waals surface area contributed by atoms with Crippen LogP contribution in [0, 0.1) is 6.92 Å². The molecule has 2 aromatic heterocycles. The van der Waals surface area contributed by atoms with Crippen LogP contribution in [0.25, 0.3) is 22.0 Å². The number of aromatic hydroxyl groups is 1. The summed E-state index contributed by atoms with van der Waals surface area (Å²) in [6.07, 6.45) is 7.64. The summed E-state index contributed by atoms with van der Waals surface area (Å²) in [5, 5.41) is 16.4. The van der Waals surface area contributed by atoms with Crippen LogP contribution in [-0.4, -0.2) is 39.2 Å². The van der Waals surface area contributed by atoms with Crippen molar-refractivity contribution in [3.63, 3.8) is 0 Å². The topological polar surface area (TPSA) is 72.5 Å². The van der Waals surface area contributed by atoms with Crippen molar-refractivity contribution in [2.75, 3.05) is 24.7 Å². The number of phenolic OH excluding ortho intramolecular Hbond substituents is 1. The number of pyridine rings is 1. The van der Waals surface area contributed by atoms with Crippen LogP contribution in [0.4, 0.5) is 11.4 Å². The first-order valence-electron chi connectivity index (χ1n) is 12.7. The van der Waals surface area contributed by atoms with E-state index in [2.05, 4.69) is 28.2 Å². The molecular weight excluding hydrogens is 452 g/mol. The van der Waals surface area contributed by atoms with Crippen molar-refractivity contribution in [2.45, 2.75) is 38.5 Å². The van der Waals surface area contributed by atoms with E-state index in [0.717, 1.165) is 84.4 Å². The van der Waals surface area contributed by atoms with Gasteiger partial charge in [0.25, 0.3) is 5.56 Å². The Morgan fingerprint density at radius 2 is 1.86 bits per heavy atom. The van der Waals surface area contributed by atoms with Crippen LogP contribution in [0.1, 0.15) is 41.9 Å². The zero-order valence-electron chi connectivity index (χ0n) is 21.1. The molecule has 0 bridgehead atoms. The van der Waals surface area contributed by atoms with E-state index < -0.39 is 0 Å². The standard InChI is InChI=1S/C29H32N4O3/c1-18-11-24-26(32(3)29(18)35)13-21(19-6-9-36-10-7-19)14-27(24)33-8-4-5-20-12-23(28(34)15-25(20)33)22-16-30-31(2)17-22/h11-17,19,34H,4-10H2,1-3H3. The van der Waals surface area contributed by atoms with E-state index in [-0.39, 0.29) is 11.3 Å². The number of rotatable bonds is 3. The Morgan fingerprint density at radius 1 is 1.06 bits per heavy atom. The Bertz CT molecular complexity index is 1530. The molecule has 0 unspecified atom stereocenters. The fourth-order valence-electron chi connectivity index (χ4n) is 5.88. The highest BCUT2D eigenvalue weighted by atomic mass is 16.5. The van der Waals surface area contributed by atoms with Crippen LogP contribution >= 0.6 is 0 Å². The first kappa shape index (κ1) is 22.9. The first-order chi connectivity index (χ1) is 17.4. The second-order valence-corrected chi connectivity index (χ2v) is 10.2. The van der Waals surface area contributed by atoms with Gasteiger partial charge in [-0.25, -0.2) is 0 Å². The van der Waals surface area contributed by atoms with Gasteiger partial charge in [0.05, 0.1) is 17.4 Å². The maximum Gasteiger partial charge on any atom is 0.253 e. The zero-order chi connectivity index (χ0) is 25.0. The van der Waals surface area contributed by atoms with E-state index in [4.69, 9.17) is 4.74 Å². The van der Waals surface area contributed by atoms with E-state index in [1.54, 1.807) is 15.4 Å². The fraction of sp³-hybridized carbons (Fsp3) is 0.379. The lowest BCUT2D eigenvalue weighted by Gasteiger charge is -2.34. The van der Waals surface area contributed by atoms with E-state index in [0.29, 0.717) is 5.92 Å². The van der Waals surface area contributed by atoms with Gasteiger partial charge in [-0.15, -0.1) is 0 Å². The van der Waals surface area contributed by atoms with Gasteiger partial charge >= 0.3 is 0 Å². The van der Waals surface area contributed by atoms with E-state index in [1.165, 1.54) is 11.1 Å². The van der Waals surface area contributed by atoms with Gasteiger partial charge in [0.1, 0.15) is 5.75 Å². The summed E-state index contributed by atoms with van der Waals surface area (Å²) in [7, 11) is 3.75. The minimum atomic E-state index is 0.0374. The predicted molar refractivity (Wildman–Crippen MR) is 142 cm³/mol. The summed E-state index contributed by atoms with van der Waals surface area (Å²) < 4.78 is 9.16. The van der Waals surface area contributed by atoms with Crippen LogP contribution in [-0.2, 0) is 25.3 Å². The van der Waals surface area contributed by atoms with Crippen molar-refractivity contribution in [1.29, 1.82) is 0 Å². The van der Waals surface area contributed by atoms with Crippen LogP contribution in [0.15, 0.2) is 47.5 Å². The minimum Gasteiger partial charge on any atom is -0.507 e. The number of hydrogen-bond donors (Lipinski definition) is 1. The average molecular weight is 485 g/mol. The SMILES string of the molecule is Cc1cc2c(N3CCCc4cc(-c5cnn(C)c5)c(O)cc43)cc(C3CCOCC3)cc2n(C)c1=O. The summed E-state index contributed by atoms with van der Waals surface area (Å²) in [5.41, 5.74) is 8.04. The molecule has 2 aliphatic heterocycles. The lowest BCUT2D eigenvalue weighted by atomic mass is 9.89. The Hall–Kier alpha value is -3.58. The molecule has 0 spiro atoms. The third kappa shape index (κ3) is 3.78. The summed E-state index contributed by atoms with van der Waals surface area (Å²) in [5.74, 6) is 0.658. The van der Waals surface area contributed by atoms with Gasteiger partial charge in [0, 0.05) is 73.9 Å². The van der Waals surface area contributed by atoms with Gasteiger partial charge < -0.3 is 19.3 Å². The number of benzene rings is 2. The van der Waals surface area contributed by atoms with Crippen molar-refractivity contribution < 1.29 is 9.84 Å². The highest BCUT2D eigenvalue weighted by Crippen LogP contribution is 2.44. The molecule has 0 radical (unpaired) electrons. The van der Waals surface area contributed by atoms with E-state index in [1.807, 2.05) is 39.3 Å². The van der Waals surface area contributed by atoms with Gasteiger partial charge in [-0.2, -0.15) is 5.10 Å². The Kier molecular flexibility index (Phi) is 5.60. The summed E-state index contributed by atoms with van der Waals surface area (Å²) in [6, 6.07) is 10.5. The van der Waals surface area contributed by atoms with Gasteiger partial charge in [-0.1, -0.05) is 0 Å². The number of nitrogens with zero attached hydrogens (tertiary/aromatic N) is 4. The normalized spacial score (nSPS) is 16.5. The van der Waals surface area contributed by atoms with Crippen molar-refractivity contribution in [3.05, 3.63) is 69.8 Å². The minimum absolute atomic E-state index is 0.0374. The van der Waals surface area contributed by atoms with Gasteiger partial charge in [0.2, 0.25) is 0 Å². The predicted octanol–water partition coefficient (Wildman–Crippen LogP) is 4.93. The molecule has 4 heterocycles. The molecule has 2 aromatic carbocycles. The Morgan fingerprint density at radius 3 is 2.61 bits per heavy atom. The van der Waals surface area contributed by atoms with Crippen molar-refractivity contribution in [3.8, 4) is 16.9 Å². The number of fused-ring (bicyclic) bond motifs is 2. The number of anilines is 2. The maximum absolute atomic E-state index is 12.9.